The number of aromatic hydroxyl groups is 1. The molecule has 1 aromatic carbocycles. The number of alkyl halides is 2. The highest BCUT2D eigenvalue weighted by Gasteiger charge is 2.60. The summed E-state index contributed by atoms with van der Waals surface area (Å²) in [6, 6.07) is 6.80. The summed E-state index contributed by atoms with van der Waals surface area (Å²) >= 11 is 0. The second-order valence-corrected chi connectivity index (χ2v) is 10.8. The van der Waals surface area contributed by atoms with Gasteiger partial charge in [0.1, 0.15) is 11.8 Å². The van der Waals surface area contributed by atoms with Gasteiger partial charge in [-0.2, -0.15) is 0 Å². The summed E-state index contributed by atoms with van der Waals surface area (Å²) in [6.07, 6.45) is 2.24. The van der Waals surface area contributed by atoms with E-state index < -0.39 is 24.1 Å². The van der Waals surface area contributed by atoms with Crippen LogP contribution in [0, 0.1) is 0 Å². The molecular weight excluding hydrogens is 508 g/mol. The number of amides is 2. The molecule has 4 atom stereocenters. The fraction of sp³-hybridized carbons (Fsp3) is 0.571. The molecule has 2 N–H and O–H groups in total. The van der Waals surface area contributed by atoms with E-state index >= 15 is 0 Å². The van der Waals surface area contributed by atoms with Gasteiger partial charge >= 0.3 is 6.09 Å². The Hall–Kier alpha value is -3.50. The van der Waals surface area contributed by atoms with Crippen LogP contribution in [-0.2, 0) is 9.53 Å². The van der Waals surface area contributed by atoms with Gasteiger partial charge in [-0.3, -0.25) is 9.69 Å². The van der Waals surface area contributed by atoms with Crippen LogP contribution >= 0.6 is 0 Å². The number of hydrogen-bond acceptors (Lipinski definition) is 7. The number of anilines is 1. The first-order valence-electron chi connectivity index (χ1n) is 13.7. The molecule has 0 spiro atoms. The Morgan fingerprint density at radius 3 is 2.74 bits per heavy atom. The van der Waals surface area contributed by atoms with Crippen LogP contribution in [0.1, 0.15) is 63.4 Å². The van der Waals surface area contributed by atoms with Gasteiger partial charge in [0, 0.05) is 44.1 Å². The lowest BCUT2D eigenvalue weighted by molar-refractivity contribution is -0.122. The lowest BCUT2D eigenvalue weighted by Crippen LogP contribution is -2.54. The van der Waals surface area contributed by atoms with E-state index in [1.165, 1.54) is 4.90 Å². The van der Waals surface area contributed by atoms with Crippen LogP contribution in [0.25, 0.3) is 11.3 Å². The van der Waals surface area contributed by atoms with Crippen molar-refractivity contribution < 1.29 is 28.2 Å². The Morgan fingerprint density at radius 2 is 2.08 bits per heavy atom. The molecule has 2 aromatic rings. The number of phenols is 1. The number of benzene rings is 1. The number of hydrogen-bond donors (Lipinski definition) is 2. The summed E-state index contributed by atoms with van der Waals surface area (Å²) in [5.74, 6) is -2.31. The molecule has 3 aliphatic heterocycles. The summed E-state index contributed by atoms with van der Waals surface area (Å²) in [4.78, 5) is 27.4. The second kappa shape index (κ2) is 10.9. The number of fused-ring (bicyclic) bond motifs is 2. The van der Waals surface area contributed by atoms with Crippen LogP contribution in [0.5, 0.6) is 5.75 Å². The Morgan fingerprint density at radius 1 is 1.26 bits per heavy atom. The number of aromatic nitrogens is 2. The highest BCUT2D eigenvalue weighted by molar-refractivity contribution is 5.78. The molecule has 0 radical (unpaired) electrons. The Balaban J connectivity index is 1.26. The molecule has 9 nitrogen and oxygen atoms in total. The van der Waals surface area contributed by atoms with Gasteiger partial charge in [0.25, 0.3) is 5.92 Å². The van der Waals surface area contributed by atoms with Gasteiger partial charge in [0.15, 0.2) is 5.82 Å². The zero-order valence-electron chi connectivity index (χ0n) is 22.3. The minimum atomic E-state index is -2.97. The third-order valence-corrected chi connectivity index (χ3v) is 8.27. The van der Waals surface area contributed by atoms with Gasteiger partial charge in [-0.05, 0) is 61.4 Å². The van der Waals surface area contributed by atoms with E-state index in [1.54, 1.807) is 31.3 Å². The van der Waals surface area contributed by atoms with E-state index in [9.17, 15) is 23.5 Å². The zero-order chi connectivity index (χ0) is 27.7. The summed E-state index contributed by atoms with van der Waals surface area (Å²) in [5, 5.41) is 22.1. The lowest BCUT2D eigenvalue weighted by atomic mass is 9.89. The molecule has 0 unspecified atom stereocenters. The average Bonchev–Trinajstić information content (AvgIpc) is 3.08. The summed E-state index contributed by atoms with van der Waals surface area (Å²) < 4.78 is 35.0. The van der Waals surface area contributed by atoms with Gasteiger partial charge in [0.05, 0.1) is 12.3 Å². The predicted octanol–water partition coefficient (Wildman–Crippen LogP) is 4.46. The van der Waals surface area contributed by atoms with Crippen molar-refractivity contribution in [1.82, 2.24) is 20.4 Å². The number of carbonyl (C=O) groups is 2. The number of nitrogens with zero attached hydrogens (tertiary/aromatic N) is 4. The van der Waals surface area contributed by atoms with Crippen molar-refractivity contribution in [3.63, 3.8) is 0 Å². The summed E-state index contributed by atoms with van der Waals surface area (Å²) in [7, 11) is 1.80. The monoisotopic (exact) mass is 543 g/mol. The van der Waals surface area contributed by atoms with Crippen molar-refractivity contribution in [1.29, 1.82) is 0 Å². The van der Waals surface area contributed by atoms with Gasteiger partial charge in [-0.15, -0.1) is 10.2 Å². The molecule has 3 saturated heterocycles. The third kappa shape index (κ3) is 5.49. The Labute approximate surface area is 226 Å². The fourth-order valence-corrected chi connectivity index (χ4v) is 6.06. The molecule has 3 fully saturated rings. The van der Waals surface area contributed by atoms with Crippen LogP contribution in [0.2, 0.25) is 0 Å². The van der Waals surface area contributed by atoms with E-state index in [4.69, 9.17) is 4.74 Å². The van der Waals surface area contributed by atoms with E-state index in [1.807, 2.05) is 17.9 Å². The van der Waals surface area contributed by atoms with Crippen molar-refractivity contribution >= 4 is 17.8 Å². The highest BCUT2D eigenvalue weighted by Crippen LogP contribution is 2.47. The molecule has 0 saturated carbocycles. The van der Waals surface area contributed by atoms with Crippen molar-refractivity contribution in [2.75, 3.05) is 25.1 Å². The van der Waals surface area contributed by atoms with E-state index in [0.29, 0.717) is 42.9 Å². The van der Waals surface area contributed by atoms with Crippen molar-refractivity contribution in [2.24, 2.45) is 0 Å². The largest absolute Gasteiger partial charge is 0.507 e. The average molecular weight is 544 g/mol. The Kier molecular flexibility index (Phi) is 7.59. The first-order chi connectivity index (χ1) is 18.7. The molecular formula is C28H35F2N5O4. The zero-order valence-corrected chi connectivity index (χ0v) is 22.3. The van der Waals surface area contributed by atoms with Gasteiger partial charge < -0.3 is 20.1 Å². The maximum Gasteiger partial charge on any atom is 0.410 e. The van der Waals surface area contributed by atoms with Gasteiger partial charge in [0.2, 0.25) is 5.91 Å². The first kappa shape index (κ1) is 27.1. The minimum absolute atomic E-state index is 0.00898. The van der Waals surface area contributed by atoms with Crippen LogP contribution < -0.4 is 10.2 Å². The van der Waals surface area contributed by atoms with E-state index in [2.05, 4.69) is 15.5 Å². The number of piperidine rings is 2. The molecule has 5 rings (SSSR count). The maximum atomic E-state index is 14.8. The molecule has 0 aliphatic carbocycles. The first-order valence-corrected chi connectivity index (χ1v) is 13.7. The Bertz CT molecular complexity index is 1210. The normalized spacial score (nSPS) is 25.7. The number of halogens is 2. The van der Waals surface area contributed by atoms with Crippen LogP contribution in [-0.4, -0.2) is 76.5 Å². The molecule has 4 heterocycles. The predicted molar refractivity (Wildman–Crippen MR) is 141 cm³/mol. The van der Waals surface area contributed by atoms with Crippen molar-refractivity contribution in [2.45, 2.75) is 81.8 Å². The number of nitrogens with one attached hydrogen (secondary N) is 1. The molecule has 11 heteroatoms. The van der Waals surface area contributed by atoms with E-state index in [-0.39, 0.29) is 43.1 Å². The smallest absolute Gasteiger partial charge is 0.410 e. The number of unbranched alkanes of at least 4 members (excludes halogenated alkanes) is 1. The van der Waals surface area contributed by atoms with Crippen LogP contribution in [0.4, 0.5) is 19.4 Å². The second-order valence-electron chi connectivity index (χ2n) is 10.8. The summed E-state index contributed by atoms with van der Waals surface area (Å²) in [6.45, 7) is 2.83. The van der Waals surface area contributed by atoms with Crippen molar-refractivity contribution in [3.05, 3.63) is 35.9 Å². The fourth-order valence-electron chi connectivity index (χ4n) is 6.06. The molecule has 2 bridgehead atoms. The standard InChI is InChI=1S/C28H35F2N5O4/c1-3-4-11-39-27(38)35-20-14-19(15-24(35)28(29,30)16-20)34(2)25-8-7-22(32-33-25)21-6-5-17(12-23(21)36)18-9-10-31-26(37)13-18/h5-8,12,18-20,24,36H,3-4,9-11,13-16H2,1-2H3,(H,31,37)/t18-,19-,20+,24-/m1/s1. The minimum Gasteiger partial charge on any atom is -0.507 e. The van der Waals surface area contributed by atoms with Crippen molar-refractivity contribution in [3.8, 4) is 17.0 Å². The van der Waals surface area contributed by atoms with E-state index in [0.717, 1.165) is 18.4 Å². The van der Waals surface area contributed by atoms with Crippen LogP contribution in [0.15, 0.2) is 30.3 Å². The molecule has 3 aliphatic rings. The number of rotatable bonds is 7. The lowest BCUT2D eigenvalue weighted by Gasteiger charge is -2.41. The quantitative estimate of drug-likeness (QED) is 0.497. The topological polar surface area (TPSA) is 108 Å². The SMILES string of the molecule is CCCCOC(=O)N1[C@H]2C[C@@H](N(C)c3ccc(-c4ccc([C@@H]5CCNC(=O)C5)cc4O)nn3)C[C@@H]1C(F)(F)C2. The maximum absolute atomic E-state index is 14.8. The van der Waals surface area contributed by atoms with Crippen LogP contribution in [0.3, 0.4) is 0 Å². The molecule has 2 amide bonds. The number of phenolic OH excluding ortho intramolecular Hbond substituents is 1. The number of carbonyl (C=O) groups excluding carboxylic acids is 2. The highest BCUT2D eigenvalue weighted by atomic mass is 19.3. The summed E-state index contributed by atoms with van der Waals surface area (Å²) in [5.41, 5.74) is 1.91. The molecule has 210 valence electrons. The third-order valence-electron chi connectivity index (χ3n) is 8.27. The number of ether oxygens (including phenoxy) is 1. The van der Waals surface area contributed by atoms with Gasteiger partial charge in [-0.1, -0.05) is 19.4 Å². The molecule has 39 heavy (non-hydrogen) atoms. The molecule has 1 aromatic heterocycles. The van der Waals surface area contributed by atoms with Gasteiger partial charge in [-0.25, -0.2) is 13.6 Å².